The molecule has 25 heavy (non-hydrogen) atoms. The number of carbonyl (C=O) groups excluding carboxylic acids is 1. The zero-order chi connectivity index (χ0) is 17.6. The van der Waals surface area contributed by atoms with Crippen molar-refractivity contribution in [3.63, 3.8) is 0 Å². The molecule has 0 radical (unpaired) electrons. The van der Waals surface area contributed by atoms with Gasteiger partial charge in [0.05, 0.1) is 6.42 Å². The first-order valence-electron chi connectivity index (χ1n) is 7.65. The van der Waals surface area contributed by atoms with Crippen LogP contribution in [0.3, 0.4) is 0 Å². The van der Waals surface area contributed by atoms with Crippen LogP contribution in [-0.4, -0.2) is 16.0 Å². The van der Waals surface area contributed by atoms with E-state index in [0.29, 0.717) is 34.8 Å². The van der Waals surface area contributed by atoms with Gasteiger partial charge in [-0.15, -0.1) is 0 Å². The summed E-state index contributed by atoms with van der Waals surface area (Å²) in [5.41, 5.74) is 1.70. The van der Waals surface area contributed by atoms with Crippen LogP contribution in [-0.2, 0) is 17.8 Å². The molecule has 0 aliphatic carbocycles. The standard InChI is InChI=1S/C18H16ClN3O3/c1-12-20-17(22-25-12)10-18(23)21-15-6-8-16(9-7-15)24-11-13-2-4-14(19)5-3-13/h2-9H,10-11H2,1H3,(H,21,23). The summed E-state index contributed by atoms with van der Waals surface area (Å²) >= 11 is 5.85. The summed E-state index contributed by atoms with van der Waals surface area (Å²) < 4.78 is 10.5. The summed E-state index contributed by atoms with van der Waals surface area (Å²) in [5.74, 6) is 1.29. The van der Waals surface area contributed by atoms with Gasteiger partial charge < -0.3 is 14.6 Å². The van der Waals surface area contributed by atoms with Crippen LogP contribution in [0.25, 0.3) is 0 Å². The van der Waals surface area contributed by atoms with Crippen molar-refractivity contribution in [3.8, 4) is 5.75 Å². The van der Waals surface area contributed by atoms with Crippen LogP contribution in [0.1, 0.15) is 17.3 Å². The molecule has 3 rings (SSSR count). The lowest BCUT2D eigenvalue weighted by Crippen LogP contribution is -2.15. The smallest absolute Gasteiger partial charge is 0.232 e. The zero-order valence-corrected chi connectivity index (χ0v) is 14.3. The largest absolute Gasteiger partial charge is 0.489 e. The van der Waals surface area contributed by atoms with E-state index >= 15 is 0 Å². The van der Waals surface area contributed by atoms with Gasteiger partial charge in [-0.25, -0.2) is 0 Å². The summed E-state index contributed by atoms with van der Waals surface area (Å²) in [5, 5.41) is 7.17. The maximum atomic E-state index is 11.9. The third-order valence-electron chi connectivity index (χ3n) is 3.35. The molecule has 0 spiro atoms. The lowest BCUT2D eigenvalue weighted by molar-refractivity contribution is -0.115. The van der Waals surface area contributed by atoms with Gasteiger partial charge in [-0.05, 0) is 42.0 Å². The molecule has 1 N–H and O–H groups in total. The predicted octanol–water partition coefficient (Wildman–Crippen LogP) is 3.79. The van der Waals surface area contributed by atoms with Gasteiger partial charge in [-0.1, -0.05) is 28.9 Å². The van der Waals surface area contributed by atoms with E-state index in [1.54, 1.807) is 31.2 Å². The van der Waals surface area contributed by atoms with Crippen molar-refractivity contribution < 1.29 is 14.1 Å². The first-order chi connectivity index (χ1) is 12.1. The van der Waals surface area contributed by atoms with Crippen molar-refractivity contribution in [2.24, 2.45) is 0 Å². The molecule has 2 aromatic carbocycles. The van der Waals surface area contributed by atoms with E-state index in [-0.39, 0.29) is 12.3 Å². The molecule has 0 unspecified atom stereocenters. The minimum absolute atomic E-state index is 0.0617. The Hall–Kier alpha value is -2.86. The van der Waals surface area contributed by atoms with E-state index in [0.717, 1.165) is 5.56 Å². The van der Waals surface area contributed by atoms with Gasteiger partial charge in [-0.3, -0.25) is 4.79 Å². The van der Waals surface area contributed by atoms with Crippen LogP contribution in [0.2, 0.25) is 5.02 Å². The minimum atomic E-state index is -0.212. The molecule has 7 heteroatoms. The van der Waals surface area contributed by atoms with Gasteiger partial charge in [0.15, 0.2) is 5.82 Å². The van der Waals surface area contributed by atoms with Crippen molar-refractivity contribution in [3.05, 3.63) is 70.8 Å². The van der Waals surface area contributed by atoms with Crippen molar-refractivity contribution >= 4 is 23.2 Å². The molecule has 1 heterocycles. The number of benzene rings is 2. The maximum Gasteiger partial charge on any atom is 0.232 e. The normalized spacial score (nSPS) is 10.5. The second-order valence-electron chi connectivity index (χ2n) is 5.39. The molecule has 6 nitrogen and oxygen atoms in total. The Labute approximate surface area is 149 Å². The Morgan fingerprint density at radius 1 is 1.16 bits per heavy atom. The quantitative estimate of drug-likeness (QED) is 0.726. The van der Waals surface area contributed by atoms with Gasteiger partial charge >= 0.3 is 0 Å². The first-order valence-corrected chi connectivity index (χ1v) is 8.02. The molecule has 3 aromatic rings. The Morgan fingerprint density at radius 2 is 1.88 bits per heavy atom. The maximum absolute atomic E-state index is 11.9. The van der Waals surface area contributed by atoms with E-state index in [1.807, 2.05) is 24.3 Å². The predicted molar refractivity (Wildman–Crippen MR) is 93.6 cm³/mol. The van der Waals surface area contributed by atoms with E-state index < -0.39 is 0 Å². The Kier molecular flexibility index (Phi) is 5.30. The average Bonchev–Trinajstić information content (AvgIpc) is 3.00. The zero-order valence-electron chi connectivity index (χ0n) is 13.5. The molecule has 0 bridgehead atoms. The van der Waals surface area contributed by atoms with Gasteiger partial charge in [0.2, 0.25) is 11.8 Å². The van der Waals surface area contributed by atoms with Crippen LogP contribution < -0.4 is 10.1 Å². The van der Waals surface area contributed by atoms with Crippen LogP contribution in [0.5, 0.6) is 5.75 Å². The van der Waals surface area contributed by atoms with Gasteiger partial charge in [0, 0.05) is 17.6 Å². The molecule has 0 atom stereocenters. The lowest BCUT2D eigenvalue weighted by atomic mass is 10.2. The highest BCUT2D eigenvalue weighted by molar-refractivity contribution is 6.30. The number of hydrogen-bond acceptors (Lipinski definition) is 5. The second kappa shape index (κ2) is 7.81. The van der Waals surface area contributed by atoms with Crippen molar-refractivity contribution in [2.75, 3.05) is 5.32 Å². The number of hydrogen-bond donors (Lipinski definition) is 1. The fourth-order valence-corrected chi connectivity index (χ4v) is 2.27. The Morgan fingerprint density at radius 3 is 2.52 bits per heavy atom. The third-order valence-corrected chi connectivity index (χ3v) is 3.60. The molecule has 1 amide bonds. The molecule has 0 aliphatic heterocycles. The number of aromatic nitrogens is 2. The van der Waals surface area contributed by atoms with Crippen LogP contribution >= 0.6 is 11.6 Å². The number of nitrogens with one attached hydrogen (secondary N) is 1. The van der Waals surface area contributed by atoms with E-state index in [1.165, 1.54) is 0 Å². The number of aryl methyl sites for hydroxylation is 1. The van der Waals surface area contributed by atoms with Gasteiger partial charge in [0.1, 0.15) is 12.4 Å². The highest BCUT2D eigenvalue weighted by Crippen LogP contribution is 2.18. The fraction of sp³-hybridized carbons (Fsp3) is 0.167. The van der Waals surface area contributed by atoms with Crippen LogP contribution in [0.4, 0.5) is 5.69 Å². The number of amides is 1. The Bertz CT molecular complexity index is 845. The molecule has 0 aliphatic rings. The third kappa shape index (κ3) is 5.06. The lowest BCUT2D eigenvalue weighted by Gasteiger charge is -2.08. The summed E-state index contributed by atoms with van der Waals surface area (Å²) in [6.07, 6.45) is 0.0617. The number of anilines is 1. The molecule has 0 saturated heterocycles. The summed E-state index contributed by atoms with van der Waals surface area (Å²) in [6.45, 7) is 2.12. The van der Waals surface area contributed by atoms with Gasteiger partial charge in [0.25, 0.3) is 0 Å². The first kappa shape index (κ1) is 17.0. The van der Waals surface area contributed by atoms with Crippen molar-refractivity contribution in [1.82, 2.24) is 10.1 Å². The van der Waals surface area contributed by atoms with E-state index in [9.17, 15) is 4.79 Å². The topological polar surface area (TPSA) is 77.2 Å². The molecule has 0 saturated carbocycles. The molecule has 0 fully saturated rings. The van der Waals surface area contributed by atoms with E-state index in [2.05, 4.69) is 15.5 Å². The fourth-order valence-electron chi connectivity index (χ4n) is 2.14. The second-order valence-corrected chi connectivity index (χ2v) is 5.83. The van der Waals surface area contributed by atoms with Crippen molar-refractivity contribution in [1.29, 1.82) is 0 Å². The molecular weight excluding hydrogens is 342 g/mol. The average molecular weight is 358 g/mol. The number of halogens is 1. The van der Waals surface area contributed by atoms with Crippen molar-refractivity contribution in [2.45, 2.75) is 20.0 Å². The number of ether oxygens (including phenoxy) is 1. The molecule has 1 aromatic heterocycles. The van der Waals surface area contributed by atoms with E-state index in [4.69, 9.17) is 20.9 Å². The Balaban J connectivity index is 1.51. The number of carbonyl (C=O) groups is 1. The molecule has 128 valence electrons. The summed E-state index contributed by atoms with van der Waals surface area (Å²) in [7, 11) is 0. The monoisotopic (exact) mass is 357 g/mol. The SMILES string of the molecule is Cc1nc(CC(=O)Nc2ccc(OCc3ccc(Cl)cc3)cc2)no1. The number of rotatable bonds is 6. The minimum Gasteiger partial charge on any atom is -0.489 e. The van der Waals surface area contributed by atoms with Crippen LogP contribution in [0.15, 0.2) is 53.1 Å². The highest BCUT2D eigenvalue weighted by Gasteiger charge is 2.09. The highest BCUT2D eigenvalue weighted by atomic mass is 35.5. The van der Waals surface area contributed by atoms with Gasteiger partial charge in [-0.2, -0.15) is 4.98 Å². The molecular formula is C18H16ClN3O3. The number of nitrogens with zero attached hydrogens (tertiary/aromatic N) is 2. The summed E-state index contributed by atoms with van der Waals surface area (Å²) in [4.78, 5) is 15.9. The van der Waals surface area contributed by atoms with Crippen LogP contribution in [0, 0.1) is 6.92 Å². The summed E-state index contributed by atoms with van der Waals surface area (Å²) in [6, 6.07) is 14.6.